The lowest BCUT2D eigenvalue weighted by atomic mass is 10.1. The van der Waals surface area contributed by atoms with E-state index in [4.69, 9.17) is 0 Å². The van der Waals surface area contributed by atoms with Crippen LogP contribution in [0.1, 0.15) is 21.5 Å². The number of ether oxygens (including phenoxy) is 1. The topological polar surface area (TPSA) is 55.4 Å². The van der Waals surface area contributed by atoms with Gasteiger partial charge in [-0.2, -0.15) is 0 Å². The number of rotatable bonds is 4. The van der Waals surface area contributed by atoms with Gasteiger partial charge in [-0.25, -0.2) is 13.6 Å². The molecule has 1 amide bonds. The van der Waals surface area contributed by atoms with Gasteiger partial charge in [-0.3, -0.25) is 4.79 Å². The van der Waals surface area contributed by atoms with Crippen molar-refractivity contribution in [3.63, 3.8) is 0 Å². The standard InChI is InChI=1S/C18H15F2NO3/c1-11-5-3-6-13(18(23)24-2)17(11)21-16(22)10-9-12-14(19)7-4-8-15(12)20/h3-10H,1-2H3,(H,21,22)/b10-9+. The summed E-state index contributed by atoms with van der Waals surface area (Å²) in [5.74, 6) is -2.77. The summed E-state index contributed by atoms with van der Waals surface area (Å²) < 4.78 is 31.7. The summed E-state index contributed by atoms with van der Waals surface area (Å²) in [6.45, 7) is 1.71. The van der Waals surface area contributed by atoms with E-state index in [0.29, 0.717) is 5.56 Å². The number of esters is 1. The third-order valence-electron chi connectivity index (χ3n) is 3.33. The van der Waals surface area contributed by atoms with Crippen molar-refractivity contribution >= 4 is 23.6 Å². The number of methoxy groups -OCH3 is 1. The van der Waals surface area contributed by atoms with Gasteiger partial charge in [-0.05, 0) is 36.8 Å². The lowest BCUT2D eigenvalue weighted by Crippen LogP contribution is -2.14. The van der Waals surface area contributed by atoms with Crippen LogP contribution in [-0.4, -0.2) is 19.0 Å². The minimum atomic E-state index is -0.773. The first-order chi connectivity index (χ1) is 11.4. The molecular weight excluding hydrogens is 316 g/mol. The largest absolute Gasteiger partial charge is 0.465 e. The van der Waals surface area contributed by atoms with Crippen LogP contribution >= 0.6 is 0 Å². The molecule has 0 atom stereocenters. The fourth-order valence-corrected chi connectivity index (χ4v) is 2.11. The summed E-state index contributed by atoms with van der Waals surface area (Å²) in [6, 6.07) is 8.30. The van der Waals surface area contributed by atoms with Crippen LogP contribution in [0.5, 0.6) is 0 Å². The monoisotopic (exact) mass is 331 g/mol. The second kappa shape index (κ2) is 7.50. The van der Waals surface area contributed by atoms with Crippen LogP contribution in [0.25, 0.3) is 6.08 Å². The molecule has 4 nitrogen and oxygen atoms in total. The molecule has 0 bridgehead atoms. The van der Waals surface area contributed by atoms with Gasteiger partial charge in [0.15, 0.2) is 0 Å². The van der Waals surface area contributed by atoms with E-state index in [1.54, 1.807) is 19.1 Å². The number of hydrogen-bond donors (Lipinski definition) is 1. The molecule has 0 saturated heterocycles. The molecule has 2 aromatic rings. The summed E-state index contributed by atoms with van der Waals surface area (Å²) in [5, 5.41) is 2.53. The fourth-order valence-electron chi connectivity index (χ4n) is 2.11. The number of carbonyl (C=O) groups excluding carboxylic acids is 2. The number of aryl methyl sites for hydroxylation is 1. The SMILES string of the molecule is COC(=O)c1cccc(C)c1NC(=O)/C=C/c1c(F)cccc1F. The molecule has 24 heavy (non-hydrogen) atoms. The Labute approximate surface area is 137 Å². The van der Waals surface area contributed by atoms with Crippen LogP contribution < -0.4 is 5.32 Å². The van der Waals surface area contributed by atoms with Gasteiger partial charge in [0.2, 0.25) is 5.91 Å². The van der Waals surface area contributed by atoms with Crippen LogP contribution in [0.4, 0.5) is 14.5 Å². The molecule has 2 rings (SSSR count). The molecule has 6 heteroatoms. The van der Waals surface area contributed by atoms with E-state index in [2.05, 4.69) is 10.1 Å². The lowest BCUT2D eigenvalue weighted by Gasteiger charge is -2.11. The molecule has 0 unspecified atom stereocenters. The Morgan fingerprint density at radius 2 is 1.71 bits per heavy atom. The third-order valence-corrected chi connectivity index (χ3v) is 3.33. The number of benzene rings is 2. The fraction of sp³-hybridized carbons (Fsp3) is 0.111. The molecular formula is C18H15F2NO3. The van der Waals surface area contributed by atoms with Gasteiger partial charge < -0.3 is 10.1 Å². The Morgan fingerprint density at radius 3 is 2.33 bits per heavy atom. The van der Waals surface area contributed by atoms with Crippen LogP contribution in [0.3, 0.4) is 0 Å². The van der Waals surface area contributed by atoms with E-state index in [9.17, 15) is 18.4 Å². The Morgan fingerprint density at radius 1 is 1.08 bits per heavy atom. The molecule has 0 spiro atoms. The minimum absolute atomic E-state index is 0.191. The molecule has 0 aliphatic carbocycles. The summed E-state index contributed by atoms with van der Waals surface area (Å²) in [7, 11) is 1.23. The predicted molar refractivity (Wildman–Crippen MR) is 86.5 cm³/mol. The zero-order valence-corrected chi connectivity index (χ0v) is 13.1. The summed E-state index contributed by atoms with van der Waals surface area (Å²) >= 11 is 0. The van der Waals surface area contributed by atoms with Gasteiger partial charge in [0.25, 0.3) is 0 Å². The molecule has 0 aromatic heterocycles. The van der Waals surface area contributed by atoms with Gasteiger partial charge in [-0.15, -0.1) is 0 Å². The maximum absolute atomic E-state index is 13.5. The highest BCUT2D eigenvalue weighted by atomic mass is 19.1. The van der Waals surface area contributed by atoms with E-state index in [0.717, 1.165) is 24.3 Å². The molecule has 0 saturated carbocycles. The second-order valence-electron chi connectivity index (χ2n) is 4.95. The second-order valence-corrected chi connectivity index (χ2v) is 4.95. The highest BCUT2D eigenvalue weighted by Crippen LogP contribution is 2.21. The van der Waals surface area contributed by atoms with E-state index in [-0.39, 0.29) is 16.8 Å². The number of anilines is 1. The van der Waals surface area contributed by atoms with Gasteiger partial charge in [0.05, 0.1) is 18.4 Å². The third kappa shape index (κ3) is 3.84. The van der Waals surface area contributed by atoms with E-state index in [1.807, 2.05) is 0 Å². The number of amides is 1. The summed E-state index contributed by atoms with van der Waals surface area (Å²) in [4.78, 5) is 23.8. The average molecular weight is 331 g/mol. The summed E-state index contributed by atoms with van der Waals surface area (Å²) in [5.41, 5.74) is 0.812. The van der Waals surface area contributed by atoms with Crippen molar-refractivity contribution in [2.45, 2.75) is 6.92 Å². The number of carbonyl (C=O) groups is 2. The highest BCUT2D eigenvalue weighted by Gasteiger charge is 2.15. The maximum atomic E-state index is 13.5. The molecule has 0 aliphatic heterocycles. The number of halogens is 2. The Bertz CT molecular complexity index is 796. The molecule has 0 aliphatic rings. The Hall–Kier alpha value is -3.02. The Balaban J connectivity index is 2.25. The quantitative estimate of drug-likeness (QED) is 0.686. The first-order valence-corrected chi connectivity index (χ1v) is 7.05. The lowest BCUT2D eigenvalue weighted by molar-refractivity contribution is -0.111. The maximum Gasteiger partial charge on any atom is 0.339 e. The molecule has 124 valence electrons. The van der Waals surface area contributed by atoms with Crippen LogP contribution in [-0.2, 0) is 9.53 Å². The molecule has 1 N–H and O–H groups in total. The highest BCUT2D eigenvalue weighted by molar-refractivity contribution is 6.07. The molecule has 0 radical (unpaired) electrons. The first-order valence-electron chi connectivity index (χ1n) is 7.05. The van der Waals surface area contributed by atoms with E-state index < -0.39 is 23.5 Å². The van der Waals surface area contributed by atoms with Crippen LogP contribution in [0.2, 0.25) is 0 Å². The van der Waals surface area contributed by atoms with Gasteiger partial charge >= 0.3 is 5.97 Å². The van der Waals surface area contributed by atoms with Gasteiger partial charge in [0.1, 0.15) is 11.6 Å². The molecule has 0 fully saturated rings. The number of hydrogen-bond acceptors (Lipinski definition) is 3. The van der Waals surface area contributed by atoms with Crippen molar-refractivity contribution in [1.82, 2.24) is 0 Å². The number of nitrogens with one attached hydrogen (secondary N) is 1. The van der Waals surface area contributed by atoms with E-state index in [1.165, 1.54) is 19.2 Å². The normalized spacial score (nSPS) is 10.7. The van der Waals surface area contributed by atoms with Crippen molar-refractivity contribution in [1.29, 1.82) is 0 Å². The van der Waals surface area contributed by atoms with Crippen LogP contribution in [0, 0.1) is 18.6 Å². The molecule has 0 heterocycles. The van der Waals surface area contributed by atoms with Gasteiger partial charge in [-0.1, -0.05) is 18.2 Å². The summed E-state index contributed by atoms with van der Waals surface area (Å²) in [6.07, 6.45) is 2.03. The molecule has 2 aromatic carbocycles. The van der Waals surface area contributed by atoms with Crippen molar-refractivity contribution < 1.29 is 23.1 Å². The first kappa shape index (κ1) is 17.3. The minimum Gasteiger partial charge on any atom is -0.465 e. The van der Waals surface area contributed by atoms with Gasteiger partial charge in [0, 0.05) is 11.6 Å². The zero-order valence-electron chi connectivity index (χ0n) is 13.1. The van der Waals surface area contributed by atoms with Crippen molar-refractivity contribution in [2.75, 3.05) is 12.4 Å². The van der Waals surface area contributed by atoms with E-state index >= 15 is 0 Å². The zero-order chi connectivity index (χ0) is 17.7. The number of para-hydroxylation sites is 1. The van der Waals surface area contributed by atoms with Crippen molar-refractivity contribution in [3.8, 4) is 0 Å². The van der Waals surface area contributed by atoms with Crippen LogP contribution in [0.15, 0.2) is 42.5 Å². The smallest absolute Gasteiger partial charge is 0.339 e. The van der Waals surface area contributed by atoms with Crippen molar-refractivity contribution in [3.05, 3.63) is 70.8 Å². The predicted octanol–water partition coefficient (Wildman–Crippen LogP) is 3.71. The average Bonchev–Trinajstić information content (AvgIpc) is 2.55. The van der Waals surface area contributed by atoms with Crippen molar-refractivity contribution in [2.24, 2.45) is 0 Å². The Kier molecular flexibility index (Phi) is 5.42.